The first kappa shape index (κ1) is 14.4. The lowest BCUT2D eigenvalue weighted by Crippen LogP contribution is -2.24. The van der Waals surface area contributed by atoms with Crippen molar-refractivity contribution in [2.24, 2.45) is 0 Å². The zero-order chi connectivity index (χ0) is 15.7. The lowest BCUT2D eigenvalue weighted by molar-refractivity contribution is 0.139. The number of benzene rings is 1. The van der Waals surface area contributed by atoms with Gasteiger partial charge in [0.2, 0.25) is 5.95 Å². The Kier molecular flexibility index (Phi) is 3.75. The number of pyridine rings is 1. The Labute approximate surface area is 126 Å². The largest absolute Gasteiger partial charge is 0.444 e. The quantitative estimate of drug-likeness (QED) is 0.811. The molecule has 2 heterocycles. The van der Waals surface area contributed by atoms with Crippen molar-refractivity contribution in [3.05, 3.63) is 48.3 Å². The molecule has 1 aromatic heterocycles. The van der Waals surface area contributed by atoms with Gasteiger partial charge in [-0.2, -0.15) is 4.39 Å². The number of hydrogen-bond acceptors (Lipinski definition) is 3. The van der Waals surface area contributed by atoms with E-state index in [0.29, 0.717) is 29.8 Å². The molecule has 0 aliphatic carbocycles. The number of rotatable bonds is 3. The van der Waals surface area contributed by atoms with Crippen molar-refractivity contribution in [3.8, 4) is 11.1 Å². The van der Waals surface area contributed by atoms with E-state index in [9.17, 15) is 13.6 Å². The number of amides is 1. The van der Waals surface area contributed by atoms with Crippen LogP contribution in [0.4, 0.5) is 19.3 Å². The summed E-state index contributed by atoms with van der Waals surface area (Å²) in [6.45, 7) is 2.33. The minimum Gasteiger partial charge on any atom is -0.444 e. The van der Waals surface area contributed by atoms with Gasteiger partial charge in [-0.15, -0.1) is 0 Å². The molecule has 6 heteroatoms. The maximum absolute atomic E-state index is 14.3. The van der Waals surface area contributed by atoms with E-state index >= 15 is 0 Å². The van der Waals surface area contributed by atoms with Gasteiger partial charge in [0.25, 0.3) is 0 Å². The van der Waals surface area contributed by atoms with Crippen molar-refractivity contribution >= 4 is 11.8 Å². The van der Waals surface area contributed by atoms with Gasteiger partial charge >= 0.3 is 6.09 Å². The van der Waals surface area contributed by atoms with Gasteiger partial charge in [0, 0.05) is 17.3 Å². The average molecular weight is 304 g/mol. The topological polar surface area (TPSA) is 42.4 Å². The summed E-state index contributed by atoms with van der Waals surface area (Å²) in [6, 6.07) is 7.09. The number of cyclic esters (lactones) is 1. The maximum Gasteiger partial charge on any atom is 0.414 e. The van der Waals surface area contributed by atoms with E-state index in [1.165, 1.54) is 29.3 Å². The minimum absolute atomic E-state index is 0.170. The molecular weight excluding hydrogens is 290 g/mol. The predicted molar refractivity (Wildman–Crippen MR) is 77.5 cm³/mol. The van der Waals surface area contributed by atoms with Crippen molar-refractivity contribution < 1.29 is 18.3 Å². The summed E-state index contributed by atoms with van der Waals surface area (Å²) in [4.78, 5) is 16.7. The minimum atomic E-state index is -0.619. The molecule has 0 spiro atoms. The van der Waals surface area contributed by atoms with Crippen LogP contribution in [0.3, 0.4) is 0 Å². The fourth-order valence-corrected chi connectivity index (χ4v) is 2.39. The third-order valence-corrected chi connectivity index (χ3v) is 3.63. The smallest absolute Gasteiger partial charge is 0.414 e. The Morgan fingerprint density at radius 1 is 1.32 bits per heavy atom. The predicted octanol–water partition coefficient (Wildman–Crippen LogP) is 3.76. The first-order chi connectivity index (χ1) is 10.6. The van der Waals surface area contributed by atoms with Crippen LogP contribution in [0.1, 0.15) is 13.3 Å². The zero-order valence-corrected chi connectivity index (χ0v) is 11.9. The summed E-state index contributed by atoms with van der Waals surface area (Å²) >= 11 is 0. The van der Waals surface area contributed by atoms with Crippen LogP contribution < -0.4 is 4.90 Å². The molecule has 1 aliphatic heterocycles. The lowest BCUT2D eigenvalue weighted by atomic mass is 10.1. The van der Waals surface area contributed by atoms with E-state index in [-0.39, 0.29) is 6.10 Å². The second kappa shape index (κ2) is 5.71. The standard InChI is InChI=1S/C16H14F2N2O2/c1-2-12-9-20(16(21)22-12)11-4-5-13(14(17)7-11)10-3-6-15(18)19-8-10/h3-8,12H,2,9H2,1H3/t12-/m0/s1. The van der Waals surface area contributed by atoms with Gasteiger partial charge in [-0.25, -0.2) is 14.2 Å². The van der Waals surface area contributed by atoms with Gasteiger partial charge in [-0.3, -0.25) is 4.90 Å². The van der Waals surface area contributed by atoms with Gasteiger partial charge in [0.1, 0.15) is 11.9 Å². The molecule has 4 nitrogen and oxygen atoms in total. The van der Waals surface area contributed by atoms with Gasteiger partial charge < -0.3 is 4.74 Å². The van der Waals surface area contributed by atoms with E-state index in [1.807, 2.05) is 6.92 Å². The van der Waals surface area contributed by atoms with Gasteiger partial charge in [-0.1, -0.05) is 6.92 Å². The summed E-state index contributed by atoms with van der Waals surface area (Å²) in [5, 5.41) is 0. The highest BCUT2D eigenvalue weighted by molar-refractivity contribution is 5.90. The Morgan fingerprint density at radius 2 is 2.14 bits per heavy atom. The van der Waals surface area contributed by atoms with Crippen molar-refractivity contribution in [3.63, 3.8) is 0 Å². The molecule has 22 heavy (non-hydrogen) atoms. The fraction of sp³-hybridized carbons (Fsp3) is 0.250. The molecule has 3 rings (SSSR count). The number of hydrogen-bond donors (Lipinski definition) is 0. The Bertz CT molecular complexity index is 704. The first-order valence-electron chi connectivity index (χ1n) is 6.98. The molecular formula is C16H14F2N2O2. The zero-order valence-electron chi connectivity index (χ0n) is 11.9. The third-order valence-electron chi connectivity index (χ3n) is 3.63. The number of aromatic nitrogens is 1. The van der Waals surface area contributed by atoms with E-state index < -0.39 is 17.9 Å². The molecule has 0 bridgehead atoms. The van der Waals surface area contributed by atoms with Crippen LogP contribution in [-0.4, -0.2) is 23.7 Å². The number of ether oxygens (including phenoxy) is 1. The molecule has 0 saturated carbocycles. The second-order valence-electron chi connectivity index (χ2n) is 5.06. The summed E-state index contributed by atoms with van der Waals surface area (Å²) in [6.07, 6.45) is 1.34. The molecule has 1 fully saturated rings. The monoisotopic (exact) mass is 304 g/mol. The van der Waals surface area contributed by atoms with Crippen LogP contribution in [-0.2, 0) is 4.74 Å². The molecule has 0 radical (unpaired) electrons. The Hall–Kier alpha value is -2.50. The average Bonchev–Trinajstić information content (AvgIpc) is 2.89. The fourth-order valence-electron chi connectivity index (χ4n) is 2.39. The molecule has 1 aromatic carbocycles. The van der Waals surface area contributed by atoms with Gasteiger partial charge in [0.15, 0.2) is 0 Å². The highest BCUT2D eigenvalue weighted by atomic mass is 19.1. The number of nitrogens with zero attached hydrogens (tertiary/aromatic N) is 2. The van der Waals surface area contributed by atoms with Crippen LogP contribution in [0.15, 0.2) is 36.5 Å². The van der Waals surface area contributed by atoms with Crippen LogP contribution in [0, 0.1) is 11.8 Å². The number of carbonyl (C=O) groups is 1. The summed E-state index contributed by atoms with van der Waals surface area (Å²) < 4.78 is 32.3. The van der Waals surface area contributed by atoms with Crippen LogP contribution in [0.2, 0.25) is 0 Å². The van der Waals surface area contributed by atoms with Crippen molar-refractivity contribution in [2.45, 2.75) is 19.4 Å². The van der Waals surface area contributed by atoms with Gasteiger partial charge in [-0.05, 0) is 36.8 Å². The lowest BCUT2D eigenvalue weighted by Gasteiger charge is -2.14. The molecule has 1 atom stereocenters. The second-order valence-corrected chi connectivity index (χ2v) is 5.06. The van der Waals surface area contributed by atoms with E-state index in [0.717, 1.165) is 0 Å². The van der Waals surface area contributed by atoms with E-state index in [1.54, 1.807) is 12.1 Å². The first-order valence-corrected chi connectivity index (χ1v) is 6.98. The van der Waals surface area contributed by atoms with E-state index in [2.05, 4.69) is 4.98 Å². The van der Waals surface area contributed by atoms with Crippen LogP contribution >= 0.6 is 0 Å². The summed E-state index contributed by atoms with van der Waals surface area (Å²) in [5.41, 5.74) is 1.22. The molecule has 1 amide bonds. The van der Waals surface area contributed by atoms with Crippen LogP contribution in [0.25, 0.3) is 11.1 Å². The number of anilines is 1. The summed E-state index contributed by atoms with van der Waals surface area (Å²) in [7, 11) is 0. The summed E-state index contributed by atoms with van der Waals surface area (Å²) in [5.74, 6) is -1.12. The Balaban J connectivity index is 1.89. The number of halogens is 2. The maximum atomic E-state index is 14.3. The van der Waals surface area contributed by atoms with Crippen molar-refractivity contribution in [1.82, 2.24) is 4.98 Å². The number of carbonyl (C=O) groups excluding carboxylic acids is 1. The van der Waals surface area contributed by atoms with Gasteiger partial charge in [0.05, 0.1) is 12.2 Å². The van der Waals surface area contributed by atoms with E-state index in [4.69, 9.17) is 4.74 Å². The third kappa shape index (κ3) is 2.64. The molecule has 0 unspecified atom stereocenters. The van der Waals surface area contributed by atoms with Crippen molar-refractivity contribution in [1.29, 1.82) is 0 Å². The van der Waals surface area contributed by atoms with Crippen molar-refractivity contribution in [2.75, 3.05) is 11.4 Å². The molecule has 1 aliphatic rings. The highest BCUT2D eigenvalue weighted by Gasteiger charge is 2.31. The highest BCUT2D eigenvalue weighted by Crippen LogP contribution is 2.29. The molecule has 114 valence electrons. The normalized spacial score (nSPS) is 17.7. The molecule has 0 N–H and O–H groups in total. The molecule has 1 saturated heterocycles. The molecule has 2 aromatic rings. The van der Waals surface area contributed by atoms with Crippen LogP contribution in [0.5, 0.6) is 0 Å². The Morgan fingerprint density at radius 3 is 2.73 bits per heavy atom. The SMILES string of the molecule is CC[C@H]1CN(c2ccc(-c3ccc(F)nc3)c(F)c2)C(=O)O1.